The number of aromatic nitrogens is 3. The highest BCUT2D eigenvalue weighted by atomic mass is 32.2. The van der Waals surface area contributed by atoms with Crippen molar-refractivity contribution in [1.82, 2.24) is 18.9 Å². The minimum Gasteiger partial charge on any atom is -0.501 e. The standard InChI is InChI=1S/C18H23N5O7S/c1-11-5-2-3-6-21(11)13(24)10-20-9-12(22-7-4-8-31(22,29)30)23-16(26)15(25)14(17(27)28)19-18(20)23/h9,11,25H,2-8,10H2,1H3,(H,27,28). The van der Waals surface area contributed by atoms with Gasteiger partial charge in [-0.3, -0.25) is 13.9 Å². The van der Waals surface area contributed by atoms with E-state index in [2.05, 4.69) is 4.98 Å². The monoisotopic (exact) mass is 453 g/mol. The molecule has 2 aliphatic rings. The quantitative estimate of drug-likeness (QED) is 0.647. The van der Waals surface area contributed by atoms with Crippen molar-refractivity contribution in [3.05, 3.63) is 22.2 Å². The molecule has 12 nitrogen and oxygen atoms in total. The summed E-state index contributed by atoms with van der Waals surface area (Å²) in [5, 5.41) is 19.4. The molecule has 0 saturated carbocycles. The third-order valence-electron chi connectivity index (χ3n) is 5.79. The second-order valence-electron chi connectivity index (χ2n) is 7.84. The average molecular weight is 453 g/mol. The number of nitrogens with zero attached hydrogens (tertiary/aromatic N) is 5. The molecule has 2 aromatic heterocycles. The zero-order valence-corrected chi connectivity index (χ0v) is 17.7. The second kappa shape index (κ2) is 7.55. The van der Waals surface area contributed by atoms with Crippen LogP contribution in [0.2, 0.25) is 0 Å². The number of anilines is 1. The third-order valence-corrected chi connectivity index (χ3v) is 7.63. The minimum atomic E-state index is -3.69. The molecular formula is C18H23N5O7S. The molecule has 4 heterocycles. The molecule has 2 N–H and O–H groups in total. The predicted molar refractivity (Wildman–Crippen MR) is 109 cm³/mol. The van der Waals surface area contributed by atoms with E-state index in [1.807, 2.05) is 6.92 Å². The highest BCUT2D eigenvalue weighted by molar-refractivity contribution is 7.93. The summed E-state index contributed by atoms with van der Waals surface area (Å²) in [6.07, 6.45) is 4.40. The van der Waals surface area contributed by atoms with Crippen LogP contribution in [-0.2, 0) is 21.4 Å². The molecule has 2 aliphatic heterocycles. The molecule has 13 heteroatoms. The maximum Gasteiger partial charge on any atom is 0.358 e. The van der Waals surface area contributed by atoms with Crippen LogP contribution in [0, 0.1) is 0 Å². The first kappa shape index (κ1) is 21.2. The van der Waals surface area contributed by atoms with E-state index in [-0.39, 0.29) is 42.4 Å². The number of carboxylic acids is 1. The van der Waals surface area contributed by atoms with E-state index >= 15 is 0 Å². The second-order valence-corrected chi connectivity index (χ2v) is 9.86. The van der Waals surface area contributed by atoms with Gasteiger partial charge in [0.25, 0.3) is 0 Å². The van der Waals surface area contributed by atoms with Crippen molar-refractivity contribution in [3.8, 4) is 5.75 Å². The van der Waals surface area contributed by atoms with E-state index in [4.69, 9.17) is 0 Å². The topological polar surface area (TPSA) is 155 Å². The number of aromatic hydroxyl groups is 1. The van der Waals surface area contributed by atoms with Crippen LogP contribution in [-0.4, -0.2) is 74.2 Å². The summed E-state index contributed by atoms with van der Waals surface area (Å²) in [4.78, 5) is 42.8. The molecule has 0 radical (unpaired) electrons. The third kappa shape index (κ3) is 3.52. The van der Waals surface area contributed by atoms with Gasteiger partial charge in [0.15, 0.2) is 5.69 Å². The van der Waals surface area contributed by atoms with Crippen molar-refractivity contribution in [2.45, 2.75) is 45.2 Å². The maximum atomic E-state index is 12.9. The van der Waals surface area contributed by atoms with Crippen molar-refractivity contribution in [1.29, 1.82) is 0 Å². The molecule has 31 heavy (non-hydrogen) atoms. The van der Waals surface area contributed by atoms with Gasteiger partial charge in [-0.25, -0.2) is 22.6 Å². The summed E-state index contributed by atoms with van der Waals surface area (Å²) in [6.45, 7) is 2.39. The lowest BCUT2D eigenvalue weighted by atomic mass is 10.0. The molecule has 2 aromatic rings. The average Bonchev–Trinajstić information content (AvgIpc) is 3.23. The number of carboxylic acid groups (broad SMARTS) is 1. The Bertz CT molecular complexity index is 1230. The molecule has 1 amide bonds. The molecular weight excluding hydrogens is 430 g/mol. The fourth-order valence-corrected chi connectivity index (χ4v) is 5.73. The van der Waals surface area contributed by atoms with Gasteiger partial charge < -0.3 is 19.7 Å². The Labute approximate surface area is 177 Å². The van der Waals surface area contributed by atoms with Gasteiger partial charge in [-0.1, -0.05) is 0 Å². The fourth-order valence-electron chi connectivity index (χ4n) is 4.20. The fraction of sp³-hybridized carbons (Fsp3) is 0.556. The van der Waals surface area contributed by atoms with Gasteiger partial charge in [-0.05, 0) is 32.6 Å². The number of sulfonamides is 1. The van der Waals surface area contributed by atoms with Crippen molar-refractivity contribution in [2.24, 2.45) is 0 Å². The number of likely N-dealkylation sites (tertiary alicyclic amines) is 1. The number of piperidine rings is 1. The Balaban J connectivity index is 1.87. The van der Waals surface area contributed by atoms with Gasteiger partial charge in [0.05, 0.1) is 11.9 Å². The molecule has 0 aliphatic carbocycles. The first-order valence-electron chi connectivity index (χ1n) is 10.00. The van der Waals surface area contributed by atoms with Crippen LogP contribution in [0.25, 0.3) is 5.78 Å². The Morgan fingerprint density at radius 3 is 2.58 bits per heavy atom. The van der Waals surface area contributed by atoms with Crippen LogP contribution in [0.1, 0.15) is 43.1 Å². The summed E-state index contributed by atoms with van der Waals surface area (Å²) < 4.78 is 28.0. The van der Waals surface area contributed by atoms with Crippen molar-refractivity contribution < 1.29 is 28.2 Å². The number of fused-ring (bicyclic) bond motifs is 1. The smallest absolute Gasteiger partial charge is 0.358 e. The van der Waals surface area contributed by atoms with Gasteiger partial charge in [-0.2, -0.15) is 0 Å². The molecule has 1 unspecified atom stereocenters. The number of rotatable bonds is 4. The molecule has 4 rings (SSSR count). The summed E-state index contributed by atoms with van der Waals surface area (Å²) in [7, 11) is -3.69. The molecule has 0 bridgehead atoms. The first-order valence-corrected chi connectivity index (χ1v) is 11.6. The highest BCUT2D eigenvalue weighted by Gasteiger charge is 2.34. The van der Waals surface area contributed by atoms with Gasteiger partial charge in [-0.15, -0.1) is 0 Å². The number of carbonyl (C=O) groups excluding carboxylic acids is 1. The van der Waals surface area contributed by atoms with Crippen LogP contribution in [0.15, 0.2) is 11.0 Å². The molecule has 2 fully saturated rings. The molecule has 168 valence electrons. The van der Waals surface area contributed by atoms with E-state index in [0.29, 0.717) is 13.0 Å². The lowest BCUT2D eigenvalue weighted by Gasteiger charge is -2.33. The van der Waals surface area contributed by atoms with E-state index in [0.717, 1.165) is 28.0 Å². The predicted octanol–water partition coefficient (Wildman–Crippen LogP) is -0.159. The van der Waals surface area contributed by atoms with Crippen LogP contribution in [0.5, 0.6) is 5.75 Å². The summed E-state index contributed by atoms with van der Waals surface area (Å²) in [6, 6.07) is 0.0378. The Morgan fingerprint density at radius 1 is 1.23 bits per heavy atom. The summed E-state index contributed by atoms with van der Waals surface area (Å²) >= 11 is 0. The number of hydrogen-bond acceptors (Lipinski definition) is 7. The molecule has 0 aromatic carbocycles. The molecule has 1 atom stereocenters. The van der Waals surface area contributed by atoms with Crippen molar-refractivity contribution >= 4 is 33.5 Å². The number of imidazole rings is 1. The SMILES string of the molecule is CC1CCCCN1C(=O)Cn1cc(N2CCCS2(=O)=O)n2c(=O)c(O)c(C(=O)O)nc12. The van der Waals surface area contributed by atoms with Gasteiger partial charge >= 0.3 is 11.5 Å². The Hall–Kier alpha value is -3.09. The van der Waals surface area contributed by atoms with E-state index in [9.17, 15) is 33.0 Å². The molecule has 2 saturated heterocycles. The van der Waals surface area contributed by atoms with Gasteiger partial charge in [0.2, 0.25) is 27.5 Å². The largest absolute Gasteiger partial charge is 0.501 e. The number of aromatic carboxylic acids is 1. The number of amides is 1. The Morgan fingerprint density at radius 2 is 1.97 bits per heavy atom. The van der Waals surface area contributed by atoms with E-state index in [1.165, 1.54) is 10.8 Å². The van der Waals surface area contributed by atoms with Crippen LogP contribution < -0.4 is 9.86 Å². The number of hydrogen-bond donors (Lipinski definition) is 2. The lowest BCUT2D eigenvalue weighted by Crippen LogP contribution is -2.43. The highest BCUT2D eigenvalue weighted by Crippen LogP contribution is 2.27. The number of carbonyl (C=O) groups is 2. The molecule has 0 spiro atoms. The summed E-state index contributed by atoms with van der Waals surface area (Å²) in [5.41, 5.74) is -1.98. The van der Waals surface area contributed by atoms with E-state index in [1.54, 1.807) is 4.90 Å². The van der Waals surface area contributed by atoms with Crippen molar-refractivity contribution in [3.63, 3.8) is 0 Å². The minimum absolute atomic E-state index is 0.0378. The van der Waals surface area contributed by atoms with Gasteiger partial charge in [0.1, 0.15) is 12.4 Å². The zero-order valence-electron chi connectivity index (χ0n) is 16.9. The van der Waals surface area contributed by atoms with E-state index < -0.39 is 33.0 Å². The summed E-state index contributed by atoms with van der Waals surface area (Å²) in [5.74, 6) is -3.38. The van der Waals surface area contributed by atoms with Crippen LogP contribution in [0.3, 0.4) is 0 Å². The maximum absolute atomic E-state index is 12.9. The normalized spacial score (nSPS) is 21.0. The zero-order chi connectivity index (χ0) is 22.5. The Kier molecular flexibility index (Phi) is 5.15. The van der Waals surface area contributed by atoms with Gasteiger partial charge in [0, 0.05) is 19.1 Å². The first-order chi connectivity index (χ1) is 14.6. The lowest BCUT2D eigenvalue weighted by molar-refractivity contribution is -0.135. The van der Waals surface area contributed by atoms with Crippen LogP contribution in [0.4, 0.5) is 5.82 Å². The van der Waals surface area contributed by atoms with Crippen molar-refractivity contribution in [2.75, 3.05) is 23.1 Å². The van der Waals surface area contributed by atoms with Crippen LogP contribution >= 0.6 is 0 Å².